The molecule has 14 heavy (non-hydrogen) atoms. The van der Waals surface area contributed by atoms with Gasteiger partial charge in [0.1, 0.15) is 0 Å². The van der Waals surface area contributed by atoms with Crippen molar-refractivity contribution in [3.8, 4) is 0 Å². The highest BCUT2D eigenvalue weighted by Gasteiger charge is 2.35. The van der Waals surface area contributed by atoms with E-state index >= 15 is 0 Å². The van der Waals surface area contributed by atoms with Crippen molar-refractivity contribution in [1.82, 2.24) is 4.90 Å². The van der Waals surface area contributed by atoms with E-state index in [1.165, 1.54) is 32.2 Å². The fourth-order valence-electron chi connectivity index (χ4n) is 2.52. The molecule has 0 aromatic rings. The first kappa shape index (κ1) is 10.4. The zero-order chi connectivity index (χ0) is 9.97. The van der Waals surface area contributed by atoms with Gasteiger partial charge in [0.2, 0.25) is 0 Å². The lowest BCUT2D eigenvalue weighted by molar-refractivity contribution is -0.0571. The highest BCUT2D eigenvalue weighted by atomic mass is 16.5. The highest BCUT2D eigenvalue weighted by molar-refractivity contribution is 4.90. The van der Waals surface area contributed by atoms with E-state index in [2.05, 4.69) is 4.90 Å². The van der Waals surface area contributed by atoms with Crippen LogP contribution in [0.4, 0.5) is 0 Å². The molecule has 0 N–H and O–H groups in total. The van der Waals surface area contributed by atoms with Gasteiger partial charge in [-0.25, -0.2) is 0 Å². The Morgan fingerprint density at radius 3 is 2.43 bits per heavy atom. The molecule has 0 bridgehead atoms. The fourth-order valence-corrected chi connectivity index (χ4v) is 2.52. The van der Waals surface area contributed by atoms with Gasteiger partial charge in [-0.3, -0.25) is 4.90 Å². The van der Waals surface area contributed by atoms with Crippen molar-refractivity contribution in [2.75, 3.05) is 27.3 Å². The number of piperidine rings is 1. The first-order chi connectivity index (χ1) is 6.83. The van der Waals surface area contributed by atoms with Crippen LogP contribution in [0.2, 0.25) is 0 Å². The summed E-state index contributed by atoms with van der Waals surface area (Å²) in [7, 11) is 3.64. The van der Waals surface area contributed by atoms with Gasteiger partial charge in [-0.05, 0) is 32.2 Å². The molecule has 2 aliphatic rings. The van der Waals surface area contributed by atoms with E-state index in [0.717, 1.165) is 12.6 Å². The molecule has 0 radical (unpaired) electrons. The van der Waals surface area contributed by atoms with Gasteiger partial charge in [-0.2, -0.15) is 0 Å². The molecule has 0 unspecified atom stereocenters. The van der Waals surface area contributed by atoms with Crippen LogP contribution in [-0.2, 0) is 9.47 Å². The molecule has 0 aromatic carbocycles. The summed E-state index contributed by atoms with van der Waals surface area (Å²) in [6, 6.07) is 0.762. The van der Waals surface area contributed by atoms with Crippen molar-refractivity contribution in [2.24, 2.45) is 0 Å². The Hall–Kier alpha value is -0.120. The predicted octanol–water partition coefficient (Wildman–Crippen LogP) is 1.27. The quantitative estimate of drug-likeness (QED) is 0.683. The largest absolute Gasteiger partial charge is 0.381 e. The number of rotatable bonds is 3. The molecule has 1 saturated heterocycles. The number of methoxy groups -OCH3 is 2. The third kappa shape index (κ3) is 2.10. The van der Waals surface area contributed by atoms with Gasteiger partial charge in [-0.15, -0.1) is 0 Å². The van der Waals surface area contributed by atoms with Crippen LogP contribution in [0.15, 0.2) is 0 Å². The molecule has 82 valence electrons. The van der Waals surface area contributed by atoms with Gasteiger partial charge in [0.25, 0.3) is 0 Å². The summed E-state index contributed by atoms with van der Waals surface area (Å²) in [5.74, 6) is 0. The average molecular weight is 199 g/mol. The maximum Gasteiger partial charge on any atom is 0.0698 e. The van der Waals surface area contributed by atoms with Crippen LogP contribution in [0.25, 0.3) is 0 Å². The molecule has 1 saturated carbocycles. The smallest absolute Gasteiger partial charge is 0.0698 e. The third-order valence-electron chi connectivity index (χ3n) is 3.66. The van der Waals surface area contributed by atoms with Gasteiger partial charge in [0.05, 0.1) is 12.2 Å². The van der Waals surface area contributed by atoms with E-state index in [1.807, 2.05) is 14.2 Å². The number of ether oxygens (including phenoxy) is 2. The van der Waals surface area contributed by atoms with Crippen LogP contribution in [-0.4, -0.2) is 50.5 Å². The van der Waals surface area contributed by atoms with Crippen LogP contribution in [0.1, 0.15) is 25.7 Å². The zero-order valence-electron chi connectivity index (χ0n) is 9.24. The lowest BCUT2D eigenvalue weighted by atomic mass is 9.86. The van der Waals surface area contributed by atoms with Gasteiger partial charge in [-0.1, -0.05) is 0 Å². The minimum atomic E-state index is 0.463. The standard InChI is InChI=1S/C11H21NO2/c1-13-10-4-3-5-12(8-10)9-6-11(7-9)14-2/h9-11H,3-8H2,1-2H3/t9-,10-,11-/m0/s1. The second kappa shape index (κ2) is 4.60. The maximum atomic E-state index is 5.42. The Labute approximate surface area is 86.4 Å². The van der Waals surface area contributed by atoms with Crippen LogP contribution < -0.4 is 0 Å². The van der Waals surface area contributed by atoms with Crippen molar-refractivity contribution >= 4 is 0 Å². The minimum absolute atomic E-state index is 0.463. The Morgan fingerprint density at radius 1 is 1.07 bits per heavy atom. The van der Waals surface area contributed by atoms with E-state index in [-0.39, 0.29) is 0 Å². The molecule has 0 amide bonds. The highest BCUT2D eigenvalue weighted by Crippen LogP contribution is 2.30. The molecule has 1 aliphatic heterocycles. The van der Waals surface area contributed by atoms with E-state index in [4.69, 9.17) is 9.47 Å². The van der Waals surface area contributed by atoms with Crippen LogP contribution in [0.5, 0.6) is 0 Å². The van der Waals surface area contributed by atoms with Gasteiger partial charge < -0.3 is 9.47 Å². The van der Waals surface area contributed by atoms with Crippen LogP contribution >= 0.6 is 0 Å². The summed E-state index contributed by atoms with van der Waals surface area (Å²) >= 11 is 0. The summed E-state index contributed by atoms with van der Waals surface area (Å²) in [5, 5.41) is 0. The van der Waals surface area contributed by atoms with E-state index in [0.29, 0.717) is 12.2 Å². The molecule has 2 fully saturated rings. The summed E-state index contributed by atoms with van der Waals surface area (Å²) in [5.41, 5.74) is 0. The molecule has 0 aromatic heterocycles. The van der Waals surface area contributed by atoms with E-state index in [1.54, 1.807) is 0 Å². The number of hydrogen-bond acceptors (Lipinski definition) is 3. The Morgan fingerprint density at radius 2 is 1.79 bits per heavy atom. The van der Waals surface area contributed by atoms with Crippen LogP contribution in [0.3, 0.4) is 0 Å². The first-order valence-corrected chi connectivity index (χ1v) is 5.63. The summed E-state index contributed by atoms with van der Waals surface area (Å²) in [6.07, 6.45) is 5.92. The van der Waals surface area contributed by atoms with Crippen molar-refractivity contribution in [2.45, 2.75) is 43.9 Å². The molecule has 1 atom stereocenters. The van der Waals surface area contributed by atoms with E-state index < -0.39 is 0 Å². The zero-order valence-corrected chi connectivity index (χ0v) is 9.24. The monoisotopic (exact) mass is 199 g/mol. The molecule has 3 nitrogen and oxygen atoms in total. The van der Waals surface area contributed by atoms with Crippen LogP contribution in [0, 0.1) is 0 Å². The van der Waals surface area contributed by atoms with Gasteiger partial charge >= 0.3 is 0 Å². The molecule has 2 rings (SSSR count). The Kier molecular flexibility index (Phi) is 3.42. The molecule has 1 aliphatic carbocycles. The molecule has 0 spiro atoms. The summed E-state index contributed by atoms with van der Waals surface area (Å²) < 4.78 is 10.7. The molecule has 1 heterocycles. The summed E-state index contributed by atoms with van der Waals surface area (Å²) in [4.78, 5) is 2.58. The van der Waals surface area contributed by atoms with Crippen molar-refractivity contribution in [3.63, 3.8) is 0 Å². The fraction of sp³-hybridized carbons (Fsp3) is 1.00. The number of nitrogens with zero attached hydrogens (tertiary/aromatic N) is 1. The Bertz CT molecular complexity index is 180. The summed E-state index contributed by atoms with van der Waals surface area (Å²) in [6.45, 7) is 2.37. The SMILES string of the molecule is CO[C@H]1CCCN([C@H]2C[C@H](OC)C2)C1. The van der Waals surface area contributed by atoms with Crippen molar-refractivity contribution < 1.29 is 9.47 Å². The van der Waals surface area contributed by atoms with Crippen molar-refractivity contribution in [3.05, 3.63) is 0 Å². The maximum absolute atomic E-state index is 5.42. The lowest BCUT2D eigenvalue weighted by Gasteiger charge is -2.45. The Balaban J connectivity index is 1.75. The first-order valence-electron chi connectivity index (χ1n) is 5.63. The lowest BCUT2D eigenvalue weighted by Crippen LogP contribution is -2.52. The topological polar surface area (TPSA) is 21.7 Å². The predicted molar refractivity (Wildman–Crippen MR) is 55.4 cm³/mol. The average Bonchev–Trinajstić information content (AvgIpc) is 2.17. The van der Waals surface area contributed by atoms with Gasteiger partial charge in [0.15, 0.2) is 0 Å². The molecular weight excluding hydrogens is 178 g/mol. The molecule has 3 heteroatoms. The number of hydrogen-bond donors (Lipinski definition) is 0. The molecular formula is C11H21NO2. The normalized spacial score (nSPS) is 39.4. The minimum Gasteiger partial charge on any atom is -0.381 e. The van der Waals surface area contributed by atoms with Crippen molar-refractivity contribution in [1.29, 1.82) is 0 Å². The van der Waals surface area contributed by atoms with E-state index in [9.17, 15) is 0 Å². The second-order valence-electron chi connectivity index (χ2n) is 4.48. The second-order valence-corrected chi connectivity index (χ2v) is 4.48. The third-order valence-corrected chi connectivity index (χ3v) is 3.66. The van der Waals surface area contributed by atoms with Gasteiger partial charge in [0, 0.05) is 26.8 Å². The number of likely N-dealkylation sites (tertiary alicyclic amines) is 1.